The molecule has 0 aliphatic rings. The topological polar surface area (TPSA) is 12.9 Å². The molecule has 0 spiro atoms. The Morgan fingerprint density at radius 2 is 1.55 bits per heavy atom. The van der Waals surface area contributed by atoms with Crippen LogP contribution in [0.15, 0.2) is 78.9 Å². The molecule has 0 atom stereocenters. The first kappa shape index (κ1) is 21.4. The average molecular weight is 557 g/mol. The Hall–Kier alpha value is -2.28. The first-order valence-electron chi connectivity index (χ1n) is 10.3. The predicted molar refractivity (Wildman–Crippen MR) is 119 cm³/mol. The molecule has 0 bridgehead atoms. The van der Waals surface area contributed by atoms with E-state index in [0.29, 0.717) is 0 Å². The van der Waals surface area contributed by atoms with Crippen molar-refractivity contribution in [3.05, 3.63) is 90.5 Å². The van der Waals surface area contributed by atoms with E-state index in [2.05, 4.69) is 79.7 Å². The van der Waals surface area contributed by atoms with Crippen molar-refractivity contribution in [2.24, 2.45) is 0 Å². The molecule has 4 aromatic rings. The van der Waals surface area contributed by atoms with Crippen LogP contribution in [0.25, 0.3) is 33.3 Å². The molecule has 0 aliphatic carbocycles. The SMILES string of the molecule is CCCCCCc1ccc(-c2c[c-]c(-c3ccc4ccccc4n3)cc2)cc1.[Ir]. The quantitative estimate of drug-likeness (QED) is 0.170. The maximum atomic E-state index is 4.77. The summed E-state index contributed by atoms with van der Waals surface area (Å²) in [5.41, 5.74) is 6.89. The molecular formula is C27H26IrN-. The number of benzene rings is 3. The van der Waals surface area contributed by atoms with E-state index < -0.39 is 0 Å². The number of aryl methyl sites for hydroxylation is 1. The van der Waals surface area contributed by atoms with Crippen LogP contribution in [-0.4, -0.2) is 4.98 Å². The van der Waals surface area contributed by atoms with Crippen molar-refractivity contribution < 1.29 is 20.1 Å². The third-order valence-corrected chi connectivity index (χ3v) is 5.29. The second-order valence-corrected chi connectivity index (χ2v) is 7.39. The minimum atomic E-state index is 0. The molecule has 0 amide bonds. The molecule has 0 saturated heterocycles. The van der Waals surface area contributed by atoms with Crippen LogP contribution < -0.4 is 0 Å². The number of nitrogens with zero attached hydrogens (tertiary/aromatic N) is 1. The molecule has 4 rings (SSSR count). The van der Waals surface area contributed by atoms with Crippen molar-refractivity contribution in [1.29, 1.82) is 0 Å². The normalized spacial score (nSPS) is 10.7. The van der Waals surface area contributed by atoms with Gasteiger partial charge in [-0.2, -0.15) is 0 Å². The van der Waals surface area contributed by atoms with Gasteiger partial charge in [0, 0.05) is 20.1 Å². The zero-order valence-electron chi connectivity index (χ0n) is 16.8. The number of fused-ring (bicyclic) bond motifs is 1. The van der Waals surface area contributed by atoms with Crippen LogP contribution in [0.3, 0.4) is 0 Å². The molecule has 29 heavy (non-hydrogen) atoms. The summed E-state index contributed by atoms with van der Waals surface area (Å²) in [5, 5.41) is 1.16. The molecule has 2 heteroatoms. The summed E-state index contributed by atoms with van der Waals surface area (Å²) in [6.07, 6.45) is 6.43. The minimum Gasteiger partial charge on any atom is -0.296 e. The van der Waals surface area contributed by atoms with E-state index in [0.717, 1.165) is 22.2 Å². The second-order valence-electron chi connectivity index (χ2n) is 7.39. The number of aromatic nitrogens is 1. The zero-order chi connectivity index (χ0) is 19.2. The largest absolute Gasteiger partial charge is 0.296 e. The van der Waals surface area contributed by atoms with E-state index in [-0.39, 0.29) is 20.1 Å². The molecule has 0 aliphatic heterocycles. The molecule has 0 saturated carbocycles. The van der Waals surface area contributed by atoms with E-state index in [1.165, 1.54) is 48.8 Å². The van der Waals surface area contributed by atoms with Gasteiger partial charge in [-0.25, -0.2) is 0 Å². The van der Waals surface area contributed by atoms with Gasteiger partial charge in [0.25, 0.3) is 0 Å². The fraction of sp³-hybridized carbons (Fsp3) is 0.222. The Morgan fingerprint density at radius 1 is 0.759 bits per heavy atom. The fourth-order valence-electron chi connectivity index (χ4n) is 3.60. The predicted octanol–water partition coefficient (Wildman–Crippen LogP) is 7.49. The van der Waals surface area contributed by atoms with E-state index in [1.54, 1.807) is 0 Å². The first-order chi connectivity index (χ1) is 13.8. The van der Waals surface area contributed by atoms with Crippen molar-refractivity contribution in [3.8, 4) is 22.4 Å². The van der Waals surface area contributed by atoms with Gasteiger partial charge in [-0.1, -0.05) is 91.9 Å². The number of para-hydroxylation sites is 1. The first-order valence-corrected chi connectivity index (χ1v) is 10.3. The number of hydrogen-bond acceptors (Lipinski definition) is 1. The summed E-state index contributed by atoms with van der Waals surface area (Å²) in [6.45, 7) is 2.26. The Bertz CT molecular complexity index is 1040. The molecule has 1 nitrogen and oxygen atoms in total. The van der Waals surface area contributed by atoms with Gasteiger partial charge in [-0.15, -0.1) is 29.8 Å². The fourth-order valence-corrected chi connectivity index (χ4v) is 3.60. The van der Waals surface area contributed by atoms with Gasteiger partial charge < -0.3 is 0 Å². The number of unbranched alkanes of at least 4 members (excludes halogenated alkanes) is 3. The molecule has 0 fully saturated rings. The summed E-state index contributed by atoms with van der Waals surface area (Å²) in [6, 6.07) is 31.2. The Morgan fingerprint density at radius 3 is 2.31 bits per heavy atom. The van der Waals surface area contributed by atoms with Crippen molar-refractivity contribution in [1.82, 2.24) is 4.98 Å². The van der Waals surface area contributed by atoms with Crippen LogP contribution in [0.5, 0.6) is 0 Å². The van der Waals surface area contributed by atoms with Crippen LogP contribution in [0.4, 0.5) is 0 Å². The summed E-state index contributed by atoms with van der Waals surface area (Å²) >= 11 is 0. The van der Waals surface area contributed by atoms with Crippen molar-refractivity contribution >= 4 is 10.9 Å². The van der Waals surface area contributed by atoms with Crippen LogP contribution >= 0.6 is 0 Å². The maximum absolute atomic E-state index is 4.77. The van der Waals surface area contributed by atoms with Crippen molar-refractivity contribution in [2.45, 2.75) is 39.0 Å². The van der Waals surface area contributed by atoms with Gasteiger partial charge in [0.1, 0.15) is 0 Å². The standard InChI is InChI=1S/C27H26N.Ir/c1-2-3-4-5-8-21-11-13-22(14-12-21)23-15-17-25(18-16-23)27-20-19-24-9-6-7-10-26(24)28-27;/h6-7,9-17,19-20H,2-5,8H2,1H3;/q-1;. The van der Waals surface area contributed by atoms with E-state index in [1.807, 2.05) is 12.1 Å². The third kappa shape index (κ3) is 5.41. The molecule has 3 aromatic carbocycles. The number of pyridine rings is 1. The second kappa shape index (κ2) is 10.5. The summed E-state index contributed by atoms with van der Waals surface area (Å²) in [7, 11) is 0. The average Bonchev–Trinajstić information content (AvgIpc) is 2.77. The molecule has 0 unspecified atom stereocenters. The summed E-state index contributed by atoms with van der Waals surface area (Å²) in [4.78, 5) is 4.77. The molecule has 1 aromatic heterocycles. The Kier molecular flexibility index (Phi) is 7.75. The minimum absolute atomic E-state index is 0. The summed E-state index contributed by atoms with van der Waals surface area (Å²) in [5.74, 6) is 0. The summed E-state index contributed by atoms with van der Waals surface area (Å²) < 4.78 is 0. The van der Waals surface area contributed by atoms with Crippen molar-refractivity contribution in [2.75, 3.05) is 0 Å². The van der Waals surface area contributed by atoms with Gasteiger partial charge in [0.2, 0.25) is 0 Å². The molecule has 1 heterocycles. The third-order valence-electron chi connectivity index (χ3n) is 5.29. The van der Waals surface area contributed by atoms with E-state index in [4.69, 9.17) is 4.98 Å². The van der Waals surface area contributed by atoms with Gasteiger partial charge in [-0.3, -0.25) is 4.98 Å². The molecule has 1 radical (unpaired) electrons. The van der Waals surface area contributed by atoms with Gasteiger partial charge in [-0.05, 0) is 35.6 Å². The van der Waals surface area contributed by atoms with E-state index >= 15 is 0 Å². The van der Waals surface area contributed by atoms with Crippen LogP contribution in [0, 0.1) is 6.07 Å². The van der Waals surface area contributed by atoms with Crippen LogP contribution in [0.2, 0.25) is 0 Å². The van der Waals surface area contributed by atoms with Gasteiger partial charge in [0.15, 0.2) is 0 Å². The zero-order valence-corrected chi connectivity index (χ0v) is 19.2. The Labute approximate surface area is 187 Å². The van der Waals surface area contributed by atoms with Crippen LogP contribution in [-0.2, 0) is 26.5 Å². The maximum Gasteiger partial charge on any atom is 0.0595 e. The van der Waals surface area contributed by atoms with Gasteiger partial charge >= 0.3 is 0 Å². The molecule has 0 N–H and O–H groups in total. The van der Waals surface area contributed by atoms with Crippen LogP contribution in [0.1, 0.15) is 38.2 Å². The van der Waals surface area contributed by atoms with Crippen molar-refractivity contribution in [3.63, 3.8) is 0 Å². The number of rotatable bonds is 7. The molecule has 149 valence electrons. The number of hydrogen-bond donors (Lipinski definition) is 0. The molecular weight excluding hydrogens is 531 g/mol. The smallest absolute Gasteiger partial charge is 0.0595 e. The van der Waals surface area contributed by atoms with Gasteiger partial charge in [0.05, 0.1) is 5.52 Å². The Balaban J connectivity index is 0.00000240. The van der Waals surface area contributed by atoms with E-state index in [9.17, 15) is 0 Å². The monoisotopic (exact) mass is 557 g/mol.